The van der Waals surface area contributed by atoms with E-state index in [-0.39, 0.29) is 6.54 Å². The summed E-state index contributed by atoms with van der Waals surface area (Å²) in [4.78, 5) is 12.3. The molecule has 9 heteroatoms. The Balaban J connectivity index is 5.96. The molecule has 0 radical (unpaired) electrons. The summed E-state index contributed by atoms with van der Waals surface area (Å²) in [7, 11) is 0.905. The molecule has 0 fully saturated rings. The van der Waals surface area contributed by atoms with Crippen molar-refractivity contribution in [1.29, 1.82) is 0 Å². The monoisotopic (exact) mass is 321 g/mol. The number of hydrogen-bond donors (Lipinski definition) is 0. The second-order valence-electron chi connectivity index (χ2n) is 4.59. The molecule has 0 heterocycles. The first-order valence-corrected chi connectivity index (χ1v) is 5.95. The van der Waals surface area contributed by atoms with E-state index in [1.54, 1.807) is 0 Å². The first-order chi connectivity index (χ1) is 9.37. The summed E-state index contributed by atoms with van der Waals surface area (Å²) in [6, 6.07) is 0. The van der Waals surface area contributed by atoms with Crippen LogP contribution in [0.1, 0.15) is 20.3 Å². The van der Waals surface area contributed by atoms with E-state index in [2.05, 4.69) is 11.3 Å². The molecule has 0 aliphatic carbocycles. The Morgan fingerprint density at radius 2 is 1.81 bits per heavy atom. The molecule has 21 heavy (non-hydrogen) atoms. The zero-order valence-corrected chi connectivity index (χ0v) is 11.8. The van der Waals surface area contributed by atoms with Gasteiger partial charge in [-0.15, -0.1) is 6.58 Å². The molecule has 0 saturated carbocycles. The van der Waals surface area contributed by atoms with Gasteiger partial charge in [0, 0.05) is 13.6 Å². The summed E-state index contributed by atoms with van der Waals surface area (Å²) in [6.07, 6.45) is -5.44. The van der Waals surface area contributed by atoms with Gasteiger partial charge in [-0.3, -0.25) is 4.79 Å². The molecule has 0 saturated heterocycles. The Morgan fingerprint density at radius 3 is 2.10 bits per heavy atom. The number of carbonyl (C=O) groups excluding carboxylic acids is 1. The van der Waals surface area contributed by atoms with Gasteiger partial charge in [-0.2, -0.15) is 22.0 Å². The molecule has 0 aliphatic rings. The summed E-state index contributed by atoms with van der Waals surface area (Å²) < 4.78 is 82.5. The van der Waals surface area contributed by atoms with Crippen LogP contribution in [0.5, 0.6) is 0 Å². The van der Waals surface area contributed by atoms with E-state index in [9.17, 15) is 31.1 Å². The molecular formula is C12H17F6NO2. The molecule has 0 spiro atoms. The molecule has 0 bridgehead atoms. The molecule has 0 rings (SSSR count). The summed E-state index contributed by atoms with van der Waals surface area (Å²) in [5, 5.41) is 0. The van der Waals surface area contributed by atoms with Crippen LogP contribution >= 0.6 is 0 Å². The van der Waals surface area contributed by atoms with E-state index >= 15 is 0 Å². The molecule has 1 amide bonds. The predicted octanol–water partition coefficient (Wildman–Crippen LogP) is 3.31. The molecule has 2 atom stereocenters. The van der Waals surface area contributed by atoms with Gasteiger partial charge in [0.25, 0.3) is 5.91 Å². The lowest BCUT2D eigenvalue weighted by atomic mass is 9.81. The lowest BCUT2D eigenvalue weighted by Gasteiger charge is -2.42. The van der Waals surface area contributed by atoms with Gasteiger partial charge in [0.1, 0.15) is 5.60 Å². The number of alkyl halides is 6. The fourth-order valence-corrected chi connectivity index (χ4v) is 1.79. The quantitative estimate of drug-likeness (QED) is 0.532. The van der Waals surface area contributed by atoms with Gasteiger partial charge in [0.15, 0.2) is 0 Å². The molecule has 124 valence electrons. The third-order valence-electron chi connectivity index (χ3n) is 3.19. The van der Waals surface area contributed by atoms with E-state index in [0.29, 0.717) is 11.8 Å². The van der Waals surface area contributed by atoms with Crippen LogP contribution in [0.2, 0.25) is 0 Å². The highest BCUT2D eigenvalue weighted by Gasteiger charge is 2.73. The highest BCUT2D eigenvalue weighted by atomic mass is 19.4. The minimum atomic E-state index is -5.72. The maximum absolute atomic E-state index is 14.7. The van der Waals surface area contributed by atoms with Gasteiger partial charge in [0.2, 0.25) is 0 Å². The Kier molecular flexibility index (Phi) is 6.28. The lowest BCUT2D eigenvalue weighted by Crippen LogP contribution is -2.67. The van der Waals surface area contributed by atoms with Crippen molar-refractivity contribution in [1.82, 2.24) is 4.90 Å². The maximum Gasteiger partial charge on any atom is 0.434 e. The standard InChI is InChI=1S/C12H17F6NO2/c1-5-7-19(4)8(20)11(15,12(16,17)18)10(3,6-2)21-9(13)14/h5,9H,1,6-7H2,2-4H3. The molecule has 0 aliphatic heterocycles. The smallest absolute Gasteiger partial charge is 0.339 e. The van der Waals surface area contributed by atoms with Gasteiger partial charge in [-0.05, 0) is 13.3 Å². The van der Waals surface area contributed by atoms with Gasteiger partial charge in [-0.25, -0.2) is 4.39 Å². The zero-order chi connectivity index (χ0) is 17.1. The minimum Gasteiger partial charge on any atom is -0.339 e. The van der Waals surface area contributed by atoms with Crippen LogP contribution in [0.25, 0.3) is 0 Å². The number of carbonyl (C=O) groups is 1. The topological polar surface area (TPSA) is 29.5 Å². The van der Waals surface area contributed by atoms with Crippen molar-refractivity contribution in [3.8, 4) is 0 Å². The molecule has 3 nitrogen and oxygen atoms in total. The number of ether oxygens (including phenoxy) is 1. The van der Waals surface area contributed by atoms with Crippen molar-refractivity contribution in [2.45, 2.75) is 44.3 Å². The summed E-state index contributed by atoms with van der Waals surface area (Å²) in [5.74, 6) is -2.01. The highest BCUT2D eigenvalue weighted by molar-refractivity contribution is 5.87. The number of rotatable bonds is 7. The zero-order valence-electron chi connectivity index (χ0n) is 11.8. The van der Waals surface area contributed by atoms with Crippen molar-refractivity contribution in [3.05, 3.63) is 12.7 Å². The normalized spacial score (nSPS) is 18.0. The first-order valence-electron chi connectivity index (χ1n) is 5.95. The van der Waals surface area contributed by atoms with Crippen molar-refractivity contribution >= 4 is 5.91 Å². The van der Waals surface area contributed by atoms with E-state index in [1.165, 1.54) is 0 Å². The average Bonchev–Trinajstić information content (AvgIpc) is 2.34. The van der Waals surface area contributed by atoms with E-state index in [4.69, 9.17) is 0 Å². The van der Waals surface area contributed by atoms with Crippen LogP contribution < -0.4 is 0 Å². The molecule has 0 aromatic carbocycles. The fraction of sp³-hybridized carbons (Fsp3) is 0.750. The van der Waals surface area contributed by atoms with Gasteiger partial charge < -0.3 is 9.64 Å². The molecule has 0 aromatic heterocycles. The van der Waals surface area contributed by atoms with Crippen molar-refractivity contribution in [2.24, 2.45) is 0 Å². The van der Waals surface area contributed by atoms with Gasteiger partial charge in [0.05, 0.1) is 0 Å². The van der Waals surface area contributed by atoms with Crippen LogP contribution in [0.15, 0.2) is 12.7 Å². The largest absolute Gasteiger partial charge is 0.434 e. The SMILES string of the molecule is C=CCN(C)C(=O)C(F)(C(F)(F)F)C(C)(CC)OC(F)F. The van der Waals surface area contributed by atoms with Crippen molar-refractivity contribution < 1.29 is 35.9 Å². The fourth-order valence-electron chi connectivity index (χ4n) is 1.79. The lowest BCUT2D eigenvalue weighted by molar-refractivity contribution is -0.316. The molecule has 2 unspecified atom stereocenters. The predicted molar refractivity (Wildman–Crippen MR) is 63.5 cm³/mol. The van der Waals surface area contributed by atoms with E-state index < -0.39 is 36.4 Å². The average molecular weight is 321 g/mol. The Bertz CT molecular complexity index is 386. The second kappa shape index (κ2) is 6.67. The Hall–Kier alpha value is -1.25. The molecule has 0 N–H and O–H groups in total. The summed E-state index contributed by atoms with van der Waals surface area (Å²) >= 11 is 0. The number of hydrogen-bond acceptors (Lipinski definition) is 2. The maximum atomic E-state index is 14.7. The van der Waals surface area contributed by atoms with Gasteiger partial charge in [-0.1, -0.05) is 13.0 Å². The van der Waals surface area contributed by atoms with Crippen LogP contribution in [-0.2, 0) is 9.53 Å². The third-order valence-corrected chi connectivity index (χ3v) is 3.19. The van der Waals surface area contributed by atoms with Crippen LogP contribution in [-0.4, -0.2) is 48.5 Å². The number of halogens is 6. The summed E-state index contributed by atoms with van der Waals surface area (Å²) in [6.45, 7) is 0.677. The van der Waals surface area contributed by atoms with E-state index in [1.807, 2.05) is 0 Å². The van der Waals surface area contributed by atoms with Crippen molar-refractivity contribution in [2.75, 3.05) is 13.6 Å². The van der Waals surface area contributed by atoms with Gasteiger partial charge >= 0.3 is 18.5 Å². The summed E-state index contributed by atoms with van der Waals surface area (Å²) in [5.41, 5.74) is -7.67. The number of likely N-dealkylation sites (N-methyl/N-ethyl adjacent to an activating group) is 1. The highest BCUT2D eigenvalue weighted by Crippen LogP contribution is 2.47. The minimum absolute atomic E-state index is 0.380. The molecular weight excluding hydrogens is 304 g/mol. The first kappa shape index (κ1) is 19.8. The third kappa shape index (κ3) is 3.69. The number of nitrogens with zero attached hydrogens (tertiary/aromatic N) is 1. The van der Waals surface area contributed by atoms with Crippen LogP contribution in [0, 0.1) is 0 Å². The number of amides is 1. The van der Waals surface area contributed by atoms with E-state index in [0.717, 1.165) is 20.0 Å². The van der Waals surface area contributed by atoms with Crippen LogP contribution in [0.4, 0.5) is 26.3 Å². The molecule has 0 aromatic rings. The Morgan fingerprint density at radius 1 is 1.33 bits per heavy atom. The Labute approximate surface area is 118 Å². The van der Waals surface area contributed by atoms with Crippen molar-refractivity contribution in [3.63, 3.8) is 0 Å². The second-order valence-corrected chi connectivity index (χ2v) is 4.59. The van der Waals surface area contributed by atoms with Crippen LogP contribution in [0.3, 0.4) is 0 Å².